The van der Waals surface area contributed by atoms with Crippen LogP contribution in [0.5, 0.6) is 0 Å². The third-order valence-corrected chi connectivity index (χ3v) is 7.86. The molecule has 0 aromatic heterocycles. The Kier molecular flexibility index (Phi) is 15.0. The summed E-state index contributed by atoms with van der Waals surface area (Å²) < 4.78 is 5.36. The topological polar surface area (TPSA) is 83.8 Å². The summed E-state index contributed by atoms with van der Waals surface area (Å²) >= 11 is 0. The Morgan fingerprint density at radius 2 is 0.979 bits per heavy atom. The molecule has 6 aromatic rings. The third-order valence-electron chi connectivity index (χ3n) is 7.86. The first-order chi connectivity index (χ1) is 23.0. The zero-order chi connectivity index (χ0) is 33.4. The molecule has 0 radical (unpaired) electrons. The number of carboxylic acids is 1. The molecule has 0 amide bonds. The largest absolute Gasteiger partial charge is 0.481 e. The van der Waals surface area contributed by atoms with Crippen molar-refractivity contribution in [2.75, 3.05) is 13.2 Å². The van der Waals surface area contributed by atoms with Gasteiger partial charge < -0.3 is 14.9 Å². The van der Waals surface area contributed by atoms with Gasteiger partial charge in [-0.25, -0.2) is 0 Å². The zero-order valence-corrected chi connectivity index (χ0v) is 26.7. The molecule has 0 atom stereocenters. The quantitative estimate of drug-likeness (QED) is 0.0835. The SMILES string of the molecule is C.C=CCCC(=O)O.C=CCCC(=O)OCCc1c2ccccc2cc2ccccc12.OCCc1c2ccccc2cc2ccccc12. The van der Waals surface area contributed by atoms with E-state index in [-0.39, 0.29) is 26.4 Å². The zero-order valence-electron chi connectivity index (χ0n) is 26.7. The van der Waals surface area contributed by atoms with Crippen molar-refractivity contribution in [2.45, 2.75) is 46.0 Å². The summed E-state index contributed by atoms with van der Waals surface area (Å²) in [5.74, 6) is -0.922. The lowest BCUT2D eigenvalue weighted by molar-refractivity contribution is -0.143. The lowest BCUT2D eigenvalue weighted by atomic mass is 9.95. The Hall–Kier alpha value is -5.26. The van der Waals surface area contributed by atoms with E-state index in [4.69, 9.17) is 9.84 Å². The highest BCUT2D eigenvalue weighted by atomic mass is 16.5. The average molecular weight is 643 g/mol. The van der Waals surface area contributed by atoms with Crippen LogP contribution in [0.3, 0.4) is 0 Å². The van der Waals surface area contributed by atoms with Gasteiger partial charge in [-0.05, 0) is 85.6 Å². The van der Waals surface area contributed by atoms with E-state index in [0.29, 0.717) is 32.3 Å². The normalized spacial score (nSPS) is 10.3. The number of benzene rings is 6. The smallest absolute Gasteiger partial charge is 0.306 e. The fourth-order valence-corrected chi connectivity index (χ4v) is 5.65. The number of ether oxygens (including phenoxy) is 1. The highest BCUT2D eigenvalue weighted by Crippen LogP contribution is 2.30. The molecule has 0 aliphatic heterocycles. The molecule has 0 unspecified atom stereocenters. The average Bonchev–Trinajstić information content (AvgIpc) is 3.10. The number of aliphatic hydroxyl groups is 1. The van der Waals surface area contributed by atoms with Crippen LogP contribution in [0, 0.1) is 0 Å². The van der Waals surface area contributed by atoms with Crippen LogP contribution in [0.15, 0.2) is 135 Å². The van der Waals surface area contributed by atoms with Crippen LogP contribution >= 0.6 is 0 Å². The number of aliphatic carboxylic acids is 1. The number of carboxylic acid groups (broad SMARTS) is 1. The molecule has 0 spiro atoms. The van der Waals surface area contributed by atoms with Crippen molar-refractivity contribution in [3.8, 4) is 0 Å². The molecule has 0 saturated heterocycles. The molecular formula is C43H46O5. The number of allylic oxidation sites excluding steroid dienone is 2. The molecule has 6 rings (SSSR count). The van der Waals surface area contributed by atoms with Crippen LogP contribution in [-0.4, -0.2) is 35.4 Å². The maximum Gasteiger partial charge on any atom is 0.306 e. The predicted octanol–water partition coefficient (Wildman–Crippen LogP) is 10.2. The van der Waals surface area contributed by atoms with E-state index in [1.54, 1.807) is 12.2 Å². The van der Waals surface area contributed by atoms with Gasteiger partial charge in [0.15, 0.2) is 0 Å². The molecule has 2 N–H and O–H groups in total. The van der Waals surface area contributed by atoms with Crippen molar-refractivity contribution in [1.29, 1.82) is 0 Å². The van der Waals surface area contributed by atoms with Crippen molar-refractivity contribution < 1.29 is 24.5 Å². The molecule has 0 heterocycles. The Labute approximate surface area is 283 Å². The maximum atomic E-state index is 11.6. The first kappa shape index (κ1) is 37.2. The van der Waals surface area contributed by atoms with Crippen molar-refractivity contribution in [3.05, 3.63) is 146 Å². The lowest BCUT2D eigenvalue weighted by Crippen LogP contribution is -2.07. The summed E-state index contributed by atoms with van der Waals surface area (Å²) in [5.41, 5.74) is 2.50. The first-order valence-corrected chi connectivity index (χ1v) is 16.0. The molecular weight excluding hydrogens is 596 g/mol. The number of carbonyl (C=O) groups is 2. The van der Waals surface area contributed by atoms with Crippen molar-refractivity contribution >= 4 is 55.0 Å². The van der Waals surface area contributed by atoms with Gasteiger partial charge in [0, 0.05) is 25.9 Å². The number of fused-ring (bicyclic) bond motifs is 4. The number of esters is 1. The minimum Gasteiger partial charge on any atom is -0.481 e. The molecule has 48 heavy (non-hydrogen) atoms. The predicted molar refractivity (Wildman–Crippen MR) is 202 cm³/mol. The van der Waals surface area contributed by atoms with Gasteiger partial charge >= 0.3 is 11.9 Å². The van der Waals surface area contributed by atoms with Gasteiger partial charge in [-0.2, -0.15) is 0 Å². The minimum absolute atomic E-state index is 0. The monoisotopic (exact) mass is 642 g/mol. The molecule has 0 aliphatic rings. The van der Waals surface area contributed by atoms with E-state index in [1.165, 1.54) is 54.2 Å². The summed E-state index contributed by atoms with van der Waals surface area (Å²) in [5, 5.41) is 27.1. The van der Waals surface area contributed by atoms with Gasteiger partial charge in [0.2, 0.25) is 0 Å². The first-order valence-electron chi connectivity index (χ1n) is 16.0. The van der Waals surface area contributed by atoms with Crippen LogP contribution in [0.2, 0.25) is 0 Å². The van der Waals surface area contributed by atoms with Gasteiger partial charge in [0.05, 0.1) is 6.61 Å². The second kappa shape index (κ2) is 19.4. The molecule has 248 valence electrons. The number of aliphatic hydroxyl groups excluding tert-OH is 1. The van der Waals surface area contributed by atoms with Gasteiger partial charge in [0.25, 0.3) is 0 Å². The molecule has 0 aliphatic carbocycles. The van der Waals surface area contributed by atoms with Crippen LogP contribution in [0.4, 0.5) is 0 Å². The summed E-state index contributed by atoms with van der Waals surface area (Å²) in [6.07, 6.45) is 6.59. The summed E-state index contributed by atoms with van der Waals surface area (Å²) in [6, 6.07) is 37.9. The number of hydrogen-bond donors (Lipinski definition) is 2. The summed E-state index contributed by atoms with van der Waals surface area (Å²) in [6.45, 7) is 7.59. The Bertz CT molecular complexity index is 1870. The Balaban J connectivity index is 0.000000220. The number of carbonyl (C=O) groups excluding carboxylic acids is 1. The van der Waals surface area contributed by atoms with E-state index >= 15 is 0 Å². The fourth-order valence-electron chi connectivity index (χ4n) is 5.65. The molecule has 5 nitrogen and oxygen atoms in total. The van der Waals surface area contributed by atoms with Gasteiger partial charge in [0.1, 0.15) is 0 Å². The van der Waals surface area contributed by atoms with Crippen LogP contribution in [0.25, 0.3) is 43.1 Å². The van der Waals surface area contributed by atoms with E-state index in [2.05, 4.69) is 122 Å². The van der Waals surface area contributed by atoms with E-state index in [0.717, 1.165) is 6.42 Å². The minimum atomic E-state index is -0.764. The van der Waals surface area contributed by atoms with E-state index in [9.17, 15) is 14.7 Å². The second-order valence-corrected chi connectivity index (χ2v) is 11.1. The molecule has 0 bridgehead atoms. The summed E-state index contributed by atoms with van der Waals surface area (Å²) in [7, 11) is 0. The number of rotatable bonds is 11. The van der Waals surface area contributed by atoms with Crippen LogP contribution in [0.1, 0.15) is 44.2 Å². The number of hydrogen-bond acceptors (Lipinski definition) is 4. The second-order valence-electron chi connectivity index (χ2n) is 11.1. The van der Waals surface area contributed by atoms with Gasteiger partial charge in [-0.3, -0.25) is 9.59 Å². The van der Waals surface area contributed by atoms with Crippen molar-refractivity contribution in [2.24, 2.45) is 0 Å². The van der Waals surface area contributed by atoms with Gasteiger partial charge in [-0.15, -0.1) is 13.2 Å². The van der Waals surface area contributed by atoms with E-state index < -0.39 is 5.97 Å². The Morgan fingerprint density at radius 1 is 0.604 bits per heavy atom. The third kappa shape index (κ3) is 10.1. The molecule has 0 fully saturated rings. The van der Waals surface area contributed by atoms with Crippen LogP contribution < -0.4 is 0 Å². The maximum absolute atomic E-state index is 11.6. The highest BCUT2D eigenvalue weighted by molar-refractivity contribution is 6.03. The standard InChI is InChI=1S/C21H20O2.C16H14O.C5H8O2.CH4/c1-2-3-12-21(22)23-14-13-20-18-10-6-4-8-16(18)15-17-9-5-7-11-19(17)20;17-10-9-16-14-7-3-1-5-12(14)11-13-6-2-4-8-15(13)16;1-2-3-4-5(6)7;/h2,4-11,15H,1,3,12-14H2;1-8,11,17H,9-10H2;2H,1,3-4H2,(H,6,7);1H4. The Morgan fingerprint density at radius 3 is 1.33 bits per heavy atom. The summed E-state index contributed by atoms with van der Waals surface area (Å²) in [4.78, 5) is 21.4. The molecule has 5 heteroatoms. The van der Waals surface area contributed by atoms with Gasteiger partial charge in [-0.1, -0.05) is 117 Å². The molecule has 6 aromatic carbocycles. The lowest BCUT2D eigenvalue weighted by Gasteiger charge is -2.12. The van der Waals surface area contributed by atoms with E-state index in [1.807, 2.05) is 0 Å². The fraction of sp³-hybridized carbons (Fsp3) is 0.209. The molecule has 0 saturated carbocycles. The van der Waals surface area contributed by atoms with Crippen molar-refractivity contribution in [1.82, 2.24) is 0 Å². The van der Waals surface area contributed by atoms with Crippen LogP contribution in [-0.2, 0) is 27.2 Å². The van der Waals surface area contributed by atoms with Crippen molar-refractivity contribution in [3.63, 3.8) is 0 Å². The highest BCUT2D eigenvalue weighted by Gasteiger charge is 2.09.